The Balaban J connectivity index is 2.57. The fraction of sp³-hybridized carbons (Fsp3) is 0.167. The Kier molecular flexibility index (Phi) is 4.91. The Morgan fingerprint density at radius 1 is 1.33 bits per heavy atom. The minimum Gasteiger partial charge on any atom is -0.332 e. The number of hydrogen-bond acceptors (Lipinski definition) is 3. The van der Waals surface area contributed by atoms with Gasteiger partial charge in [-0.15, -0.1) is 0 Å². The van der Waals surface area contributed by atoms with Crippen LogP contribution in [0, 0.1) is 0 Å². The minimum atomic E-state index is -0.650. The van der Waals surface area contributed by atoms with Crippen molar-refractivity contribution in [1.82, 2.24) is 5.06 Å². The molecule has 2 amide bonds. The maximum Gasteiger partial charge on any atom is 0.358 e. The summed E-state index contributed by atoms with van der Waals surface area (Å²) in [7, 11) is 1.34. The van der Waals surface area contributed by atoms with Gasteiger partial charge in [0.1, 0.15) is 0 Å². The molecule has 96 valence electrons. The third kappa shape index (κ3) is 4.21. The van der Waals surface area contributed by atoms with Crippen LogP contribution in [0.25, 0.3) is 0 Å². The number of nitrogens with one attached hydrogen (secondary N) is 1. The van der Waals surface area contributed by atoms with Crippen molar-refractivity contribution in [2.45, 2.75) is 6.92 Å². The first-order valence-corrected chi connectivity index (χ1v) is 5.87. The molecule has 5 nitrogen and oxygen atoms in total. The topological polar surface area (TPSA) is 58.6 Å². The molecule has 18 heavy (non-hydrogen) atoms. The van der Waals surface area contributed by atoms with Crippen molar-refractivity contribution < 1.29 is 14.4 Å². The van der Waals surface area contributed by atoms with Gasteiger partial charge in [0.2, 0.25) is 0 Å². The number of benzene rings is 1. The van der Waals surface area contributed by atoms with Crippen LogP contribution in [0.3, 0.4) is 0 Å². The van der Waals surface area contributed by atoms with Crippen LogP contribution >= 0.6 is 15.9 Å². The summed E-state index contributed by atoms with van der Waals surface area (Å²) in [4.78, 5) is 27.6. The van der Waals surface area contributed by atoms with E-state index in [1.165, 1.54) is 14.0 Å². The number of hydrogen-bond donors (Lipinski definition) is 1. The zero-order valence-electron chi connectivity index (χ0n) is 10.1. The van der Waals surface area contributed by atoms with Crippen molar-refractivity contribution >= 4 is 33.6 Å². The first-order chi connectivity index (χ1) is 8.40. The van der Waals surface area contributed by atoms with Gasteiger partial charge in [-0.2, -0.15) is 5.06 Å². The molecule has 1 N–H and O–H groups in total. The van der Waals surface area contributed by atoms with Gasteiger partial charge >= 0.3 is 12.0 Å². The SMILES string of the molecule is C=C(C)C(=O)ON(C)C(=O)Nc1ccc(Br)cc1. The number of carbonyl (C=O) groups is 2. The Morgan fingerprint density at radius 3 is 2.39 bits per heavy atom. The molecule has 0 aliphatic heterocycles. The van der Waals surface area contributed by atoms with Crippen LogP contribution in [-0.2, 0) is 9.63 Å². The predicted octanol–water partition coefficient (Wildman–Crippen LogP) is 2.95. The smallest absolute Gasteiger partial charge is 0.332 e. The molecule has 0 aromatic heterocycles. The summed E-state index contributed by atoms with van der Waals surface area (Å²) in [5.41, 5.74) is 0.819. The lowest BCUT2D eigenvalue weighted by Crippen LogP contribution is -2.33. The zero-order valence-corrected chi connectivity index (χ0v) is 11.7. The van der Waals surface area contributed by atoms with Gasteiger partial charge in [0.25, 0.3) is 0 Å². The van der Waals surface area contributed by atoms with Crippen LogP contribution in [0.5, 0.6) is 0 Å². The highest BCUT2D eigenvalue weighted by atomic mass is 79.9. The number of hydroxylamine groups is 2. The summed E-state index contributed by atoms with van der Waals surface area (Å²) >= 11 is 3.29. The van der Waals surface area contributed by atoms with Gasteiger partial charge in [-0.3, -0.25) is 0 Å². The lowest BCUT2D eigenvalue weighted by Gasteiger charge is -2.16. The monoisotopic (exact) mass is 312 g/mol. The molecule has 0 radical (unpaired) electrons. The summed E-state index contributed by atoms with van der Waals surface area (Å²) in [5, 5.41) is 3.39. The Labute approximate surface area is 113 Å². The van der Waals surface area contributed by atoms with Crippen LogP contribution in [0.2, 0.25) is 0 Å². The highest BCUT2D eigenvalue weighted by Crippen LogP contribution is 2.14. The normalized spacial score (nSPS) is 9.50. The molecule has 0 saturated heterocycles. The number of rotatable bonds is 2. The van der Waals surface area contributed by atoms with E-state index in [0.717, 1.165) is 9.54 Å². The van der Waals surface area contributed by atoms with Gasteiger partial charge in [-0.25, -0.2) is 9.59 Å². The van der Waals surface area contributed by atoms with Crippen molar-refractivity contribution in [2.24, 2.45) is 0 Å². The lowest BCUT2D eigenvalue weighted by atomic mass is 10.3. The average Bonchev–Trinajstić information content (AvgIpc) is 2.31. The van der Waals surface area contributed by atoms with E-state index in [9.17, 15) is 9.59 Å². The Bertz CT molecular complexity index is 471. The van der Waals surface area contributed by atoms with Gasteiger partial charge in [-0.05, 0) is 31.2 Å². The number of halogens is 1. The van der Waals surface area contributed by atoms with Gasteiger partial charge in [0, 0.05) is 15.7 Å². The summed E-state index contributed by atoms with van der Waals surface area (Å²) in [6.45, 7) is 4.93. The standard InChI is InChI=1S/C12H13BrN2O3/c1-8(2)11(16)18-15(3)12(17)14-10-6-4-9(13)5-7-10/h4-7H,1H2,2-3H3,(H,14,17). The van der Waals surface area contributed by atoms with Crippen LogP contribution in [0.15, 0.2) is 40.9 Å². The van der Waals surface area contributed by atoms with Crippen LogP contribution in [0.1, 0.15) is 6.92 Å². The number of amides is 2. The van der Waals surface area contributed by atoms with E-state index in [2.05, 4.69) is 27.8 Å². The summed E-state index contributed by atoms with van der Waals surface area (Å²) in [6.07, 6.45) is 0. The fourth-order valence-electron chi connectivity index (χ4n) is 0.979. The lowest BCUT2D eigenvalue weighted by molar-refractivity contribution is -0.166. The van der Waals surface area contributed by atoms with Crippen LogP contribution in [-0.4, -0.2) is 24.1 Å². The van der Waals surface area contributed by atoms with Crippen molar-refractivity contribution in [3.05, 3.63) is 40.9 Å². The summed E-state index contributed by atoms with van der Waals surface area (Å²) < 4.78 is 0.905. The maximum absolute atomic E-state index is 11.7. The van der Waals surface area contributed by atoms with Gasteiger partial charge in [0.15, 0.2) is 0 Å². The van der Waals surface area contributed by atoms with Crippen LogP contribution in [0.4, 0.5) is 10.5 Å². The van der Waals surface area contributed by atoms with E-state index in [1.807, 2.05) is 0 Å². The van der Waals surface area contributed by atoms with E-state index >= 15 is 0 Å². The third-order valence-corrected chi connectivity index (χ3v) is 2.48. The summed E-state index contributed by atoms with van der Waals surface area (Å²) in [5.74, 6) is -0.650. The van der Waals surface area contributed by atoms with E-state index in [1.54, 1.807) is 24.3 Å². The second-order valence-corrected chi connectivity index (χ2v) is 4.51. The molecule has 0 aliphatic carbocycles. The maximum atomic E-state index is 11.7. The first kappa shape index (κ1) is 14.2. The van der Waals surface area contributed by atoms with Gasteiger partial charge < -0.3 is 10.2 Å². The van der Waals surface area contributed by atoms with Crippen molar-refractivity contribution in [3.63, 3.8) is 0 Å². The molecule has 6 heteroatoms. The minimum absolute atomic E-state index is 0.221. The van der Waals surface area contributed by atoms with E-state index in [4.69, 9.17) is 4.84 Å². The third-order valence-electron chi connectivity index (χ3n) is 1.95. The van der Waals surface area contributed by atoms with E-state index in [0.29, 0.717) is 5.69 Å². The second-order valence-electron chi connectivity index (χ2n) is 3.59. The molecule has 1 aromatic carbocycles. The fourth-order valence-corrected chi connectivity index (χ4v) is 1.24. The molecule has 0 heterocycles. The number of nitrogens with zero attached hydrogens (tertiary/aromatic N) is 1. The van der Waals surface area contributed by atoms with Gasteiger partial charge in [-0.1, -0.05) is 22.5 Å². The van der Waals surface area contributed by atoms with E-state index < -0.39 is 12.0 Å². The molecular weight excluding hydrogens is 300 g/mol. The van der Waals surface area contributed by atoms with Crippen molar-refractivity contribution in [2.75, 3.05) is 12.4 Å². The zero-order chi connectivity index (χ0) is 13.7. The molecule has 0 unspecified atom stereocenters. The second kappa shape index (κ2) is 6.20. The largest absolute Gasteiger partial charge is 0.358 e. The number of urea groups is 1. The molecule has 0 fully saturated rings. The molecule has 0 aliphatic rings. The quantitative estimate of drug-likeness (QED) is 0.674. The predicted molar refractivity (Wildman–Crippen MR) is 71.8 cm³/mol. The molecule has 0 bridgehead atoms. The van der Waals surface area contributed by atoms with Crippen molar-refractivity contribution in [3.8, 4) is 0 Å². The molecule has 0 saturated carbocycles. The average molecular weight is 313 g/mol. The Morgan fingerprint density at radius 2 is 1.89 bits per heavy atom. The van der Waals surface area contributed by atoms with Crippen LogP contribution < -0.4 is 5.32 Å². The molecule has 1 aromatic rings. The van der Waals surface area contributed by atoms with E-state index in [-0.39, 0.29) is 5.57 Å². The first-order valence-electron chi connectivity index (χ1n) is 5.08. The molecule has 0 atom stereocenters. The Hall–Kier alpha value is -1.82. The van der Waals surface area contributed by atoms with Gasteiger partial charge in [0.05, 0.1) is 7.05 Å². The molecule has 1 rings (SSSR count). The molecular formula is C12H13BrN2O3. The highest BCUT2D eigenvalue weighted by molar-refractivity contribution is 9.10. The van der Waals surface area contributed by atoms with Crippen molar-refractivity contribution in [1.29, 1.82) is 0 Å². The summed E-state index contributed by atoms with van der Waals surface area (Å²) in [6, 6.07) is 6.46. The number of anilines is 1. The highest BCUT2D eigenvalue weighted by Gasteiger charge is 2.14. The number of carbonyl (C=O) groups excluding carboxylic acids is 2. The molecule has 0 spiro atoms.